The predicted molar refractivity (Wildman–Crippen MR) is 75.8 cm³/mol. The molecule has 0 saturated carbocycles. The number of carbonyl (C=O) groups is 1. The highest BCUT2D eigenvalue weighted by Gasteiger charge is 2.47. The van der Waals surface area contributed by atoms with E-state index in [9.17, 15) is 17.1 Å². The lowest BCUT2D eigenvalue weighted by Crippen LogP contribution is -2.43. The van der Waals surface area contributed by atoms with Gasteiger partial charge in [0.25, 0.3) is 0 Å². The van der Waals surface area contributed by atoms with Crippen LogP contribution in [0.5, 0.6) is 0 Å². The van der Waals surface area contributed by atoms with Gasteiger partial charge in [-0.25, -0.2) is 4.79 Å². The van der Waals surface area contributed by atoms with Gasteiger partial charge in [0.2, 0.25) is 0 Å². The molecule has 1 heterocycles. The van der Waals surface area contributed by atoms with Crippen molar-refractivity contribution in [1.29, 1.82) is 0 Å². The molecule has 1 aromatic carbocycles. The molecule has 0 spiro atoms. The Bertz CT molecular complexity index is 615. The van der Waals surface area contributed by atoms with Crippen molar-refractivity contribution in [2.45, 2.75) is 37.7 Å². The first-order chi connectivity index (χ1) is 9.70. The van der Waals surface area contributed by atoms with Gasteiger partial charge in [0.1, 0.15) is 11.9 Å². The smallest absolute Gasteiger partial charge is 0.410 e. The van der Waals surface area contributed by atoms with E-state index in [1.165, 1.54) is 4.90 Å². The van der Waals surface area contributed by atoms with E-state index in [1.807, 2.05) is 30.3 Å². The maximum absolute atomic E-state index is 13.1. The quantitative estimate of drug-likeness (QED) is 0.804. The van der Waals surface area contributed by atoms with E-state index < -0.39 is 27.1 Å². The molecule has 1 aromatic rings. The molecule has 0 aromatic heterocycles. The van der Waals surface area contributed by atoms with Crippen molar-refractivity contribution in [3.05, 3.63) is 35.9 Å². The van der Waals surface area contributed by atoms with E-state index in [4.69, 9.17) is 4.74 Å². The first-order valence-corrected chi connectivity index (χ1v) is 8.06. The number of rotatable bonds is 3. The van der Waals surface area contributed by atoms with Crippen LogP contribution in [0.4, 0.5) is 8.68 Å². The number of ether oxygens (including phenoxy) is 1. The highest BCUT2D eigenvalue weighted by atomic mass is 32.3. The molecule has 1 aliphatic rings. The number of benzene rings is 1. The average Bonchev–Trinajstić information content (AvgIpc) is 2.73. The minimum atomic E-state index is -4.66. The van der Waals surface area contributed by atoms with E-state index in [0.29, 0.717) is 0 Å². The summed E-state index contributed by atoms with van der Waals surface area (Å²) in [5.41, 5.74) is 0.0787. The summed E-state index contributed by atoms with van der Waals surface area (Å²) in [5, 5.41) is -1.18. The second-order valence-electron chi connectivity index (χ2n) is 5.76. The van der Waals surface area contributed by atoms with Gasteiger partial charge >= 0.3 is 16.3 Å². The Hall–Kier alpha value is -1.63. The molecule has 1 fully saturated rings. The zero-order chi connectivity index (χ0) is 15.7. The van der Waals surface area contributed by atoms with Crippen LogP contribution in [0.3, 0.4) is 0 Å². The van der Waals surface area contributed by atoms with Crippen LogP contribution in [-0.2, 0) is 21.6 Å². The summed E-state index contributed by atoms with van der Waals surface area (Å²) in [5.74, 6) is 0. The Labute approximate surface area is 123 Å². The molecule has 1 aliphatic heterocycles. The van der Waals surface area contributed by atoms with Gasteiger partial charge in [-0.15, -0.1) is 3.89 Å². The van der Waals surface area contributed by atoms with Crippen LogP contribution in [0.2, 0.25) is 0 Å². The van der Waals surface area contributed by atoms with Crippen LogP contribution < -0.4 is 0 Å². The van der Waals surface area contributed by atoms with Crippen LogP contribution >= 0.6 is 0 Å². The summed E-state index contributed by atoms with van der Waals surface area (Å²) in [4.78, 5) is 13.4. The highest BCUT2D eigenvalue weighted by molar-refractivity contribution is 7.87. The molecular formula is C14H18FNO4S. The monoisotopic (exact) mass is 315 g/mol. The Morgan fingerprint density at radius 1 is 1.38 bits per heavy atom. The van der Waals surface area contributed by atoms with Gasteiger partial charge in [-0.2, -0.15) is 8.42 Å². The Kier molecular flexibility index (Phi) is 4.22. The fourth-order valence-electron chi connectivity index (χ4n) is 2.49. The summed E-state index contributed by atoms with van der Waals surface area (Å²) < 4.78 is 40.3. The van der Waals surface area contributed by atoms with Gasteiger partial charge < -0.3 is 9.64 Å². The summed E-state index contributed by atoms with van der Waals surface area (Å²) in [6, 6.07) is 9.14. The van der Waals surface area contributed by atoms with E-state index in [1.54, 1.807) is 13.8 Å². The molecule has 1 atom stereocenters. The number of carbonyl (C=O) groups excluding carboxylic acids is 1. The molecule has 1 amide bonds. The van der Waals surface area contributed by atoms with Gasteiger partial charge in [0, 0.05) is 12.1 Å². The Morgan fingerprint density at radius 3 is 2.52 bits per heavy atom. The number of nitrogens with zero attached hydrogens (tertiary/aromatic N) is 1. The van der Waals surface area contributed by atoms with Gasteiger partial charge in [-0.05, 0) is 25.8 Å². The number of hydrogen-bond acceptors (Lipinski definition) is 4. The zero-order valence-corrected chi connectivity index (χ0v) is 12.8. The Balaban J connectivity index is 2.02. The van der Waals surface area contributed by atoms with Crippen LogP contribution in [0.25, 0.3) is 0 Å². The van der Waals surface area contributed by atoms with E-state index in [-0.39, 0.29) is 19.6 Å². The first-order valence-electron chi connectivity index (χ1n) is 6.62. The molecular weight excluding hydrogens is 297 g/mol. The molecule has 21 heavy (non-hydrogen) atoms. The molecule has 0 N–H and O–H groups in total. The topological polar surface area (TPSA) is 63.7 Å². The lowest BCUT2D eigenvalue weighted by atomic mass is 10.0. The third kappa shape index (κ3) is 3.72. The van der Waals surface area contributed by atoms with Crippen molar-refractivity contribution in [2.24, 2.45) is 0 Å². The normalized spacial score (nSPS) is 21.3. The zero-order valence-electron chi connectivity index (χ0n) is 12.0. The van der Waals surface area contributed by atoms with Crippen molar-refractivity contribution >= 4 is 16.3 Å². The molecule has 0 aliphatic carbocycles. The number of hydrogen-bond donors (Lipinski definition) is 0. The maximum Gasteiger partial charge on any atom is 0.410 e. The minimum absolute atomic E-state index is 0.0618. The van der Waals surface area contributed by atoms with Gasteiger partial charge in [0.05, 0.1) is 0 Å². The number of halogens is 1. The third-order valence-electron chi connectivity index (χ3n) is 3.67. The summed E-state index contributed by atoms with van der Waals surface area (Å²) in [6.45, 7) is 3.31. The lowest BCUT2D eigenvalue weighted by molar-refractivity contribution is 0.0753. The van der Waals surface area contributed by atoms with Gasteiger partial charge in [-0.3, -0.25) is 0 Å². The van der Waals surface area contributed by atoms with Crippen LogP contribution in [0.15, 0.2) is 30.3 Å². The second-order valence-corrected chi connectivity index (χ2v) is 7.38. The molecule has 0 bridgehead atoms. The summed E-state index contributed by atoms with van der Waals surface area (Å²) in [6.07, 6.45) is -0.568. The summed E-state index contributed by atoms with van der Waals surface area (Å²) in [7, 11) is -4.66. The minimum Gasteiger partial charge on any atom is -0.445 e. The van der Waals surface area contributed by atoms with Crippen molar-refractivity contribution in [3.63, 3.8) is 0 Å². The highest BCUT2D eigenvalue weighted by Crippen LogP contribution is 2.33. The van der Waals surface area contributed by atoms with E-state index in [0.717, 1.165) is 5.56 Å². The SMILES string of the molecule is CC1(C)CC(S(=O)(=O)F)CN1C(=O)OCc1ccccc1. The van der Waals surface area contributed by atoms with Crippen molar-refractivity contribution in [2.75, 3.05) is 6.54 Å². The number of amides is 1. The van der Waals surface area contributed by atoms with Crippen molar-refractivity contribution in [3.8, 4) is 0 Å². The van der Waals surface area contributed by atoms with Crippen molar-refractivity contribution in [1.82, 2.24) is 4.90 Å². The largest absolute Gasteiger partial charge is 0.445 e. The van der Waals surface area contributed by atoms with Crippen LogP contribution in [0.1, 0.15) is 25.8 Å². The summed E-state index contributed by atoms with van der Waals surface area (Å²) >= 11 is 0. The average molecular weight is 315 g/mol. The molecule has 1 saturated heterocycles. The molecule has 2 rings (SSSR count). The Morgan fingerprint density at radius 2 is 2.00 bits per heavy atom. The second kappa shape index (κ2) is 5.63. The first kappa shape index (κ1) is 15.8. The fraction of sp³-hybridized carbons (Fsp3) is 0.500. The van der Waals surface area contributed by atoms with E-state index in [2.05, 4.69) is 0 Å². The van der Waals surface area contributed by atoms with Gasteiger partial charge in [-0.1, -0.05) is 30.3 Å². The van der Waals surface area contributed by atoms with Gasteiger partial charge in [0.15, 0.2) is 0 Å². The standard InChI is InChI=1S/C14H18FNO4S/c1-14(2)8-12(21(15,18)19)9-16(14)13(17)20-10-11-6-4-3-5-7-11/h3-7,12H,8-10H2,1-2H3. The molecule has 1 unspecified atom stereocenters. The number of likely N-dealkylation sites (tertiary alicyclic amines) is 1. The molecule has 116 valence electrons. The maximum atomic E-state index is 13.1. The van der Waals surface area contributed by atoms with Crippen LogP contribution in [0, 0.1) is 0 Å². The molecule has 0 radical (unpaired) electrons. The fourth-order valence-corrected chi connectivity index (χ4v) is 3.42. The molecule has 7 heteroatoms. The lowest BCUT2D eigenvalue weighted by Gasteiger charge is -2.30. The predicted octanol–water partition coefficient (Wildman–Crippen LogP) is 2.48. The molecule has 5 nitrogen and oxygen atoms in total. The van der Waals surface area contributed by atoms with Crippen molar-refractivity contribution < 1.29 is 21.8 Å². The van der Waals surface area contributed by atoms with E-state index >= 15 is 0 Å². The third-order valence-corrected chi connectivity index (χ3v) is 4.78. The van der Waals surface area contributed by atoms with Crippen LogP contribution in [-0.4, -0.2) is 36.7 Å².